The molecule has 0 unspecified atom stereocenters. The Labute approximate surface area is 221 Å². The smallest absolute Gasteiger partial charge is 0.478 e. The second-order valence-corrected chi connectivity index (χ2v) is 13.5. The van der Waals surface area contributed by atoms with Crippen LogP contribution in [0.25, 0.3) is 0 Å². The molecule has 0 radical (unpaired) electrons. The molecule has 0 saturated carbocycles. The Morgan fingerprint density at radius 2 is 1.21 bits per heavy atom. The maximum Gasteiger partial charge on any atom is 0.497 e. The third-order valence-corrected chi connectivity index (χ3v) is 9.65. The Balaban J connectivity index is 1.83. The lowest BCUT2D eigenvalue weighted by Gasteiger charge is -2.32. The number of carboxylic acids is 1. The van der Waals surface area contributed by atoms with Crippen LogP contribution in [0.15, 0.2) is 40.1 Å². The fourth-order valence-electron chi connectivity index (χ4n) is 4.05. The van der Waals surface area contributed by atoms with Gasteiger partial charge in [-0.25, -0.2) is 22.0 Å². The molecule has 0 amide bonds. The van der Waals surface area contributed by atoms with Crippen molar-refractivity contribution in [3.8, 4) is 0 Å². The molecule has 2 saturated heterocycles. The maximum atomic E-state index is 15.9. The molecular weight excluding hydrogens is 520 g/mol. The first-order valence-electron chi connectivity index (χ1n) is 12.0. The van der Waals surface area contributed by atoms with Gasteiger partial charge < -0.3 is 23.7 Å². The summed E-state index contributed by atoms with van der Waals surface area (Å²) in [6.45, 7) is 13.9. The predicted molar refractivity (Wildman–Crippen MR) is 137 cm³/mol. The van der Waals surface area contributed by atoms with Crippen LogP contribution in [0, 0.1) is 11.6 Å². The van der Waals surface area contributed by atoms with Gasteiger partial charge in [0.05, 0.1) is 32.9 Å². The fraction of sp³-hybridized carbons (Fsp3) is 0.480. The molecule has 2 aliphatic heterocycles. The van der Waals surface area contributed by atoms with Crippen molar-refractivity contribution >= 4 is 41.0 Å². The van der Waals surface area contributed by atoms with E-state index < -0.39 is 79.4 Å². The fourth-order valence-corrected chi connectivity index (χ4v) is 5.47. The molecule has 0 spiro atoms. The Morgan fingerprint density at radius 1 is 0.763 bits per heavy atom. The van der Waals surface area contributed by atoms with Gasteiger partial charge in [-0.1, -0.05) is 0 Å². The summed E-state index contributed by atoms with van der Waals surface area (Å²) in [7, 11) is -7.27. The van der Waals surface area contributed by atoms with E-state index >= 15 is 4.39 Å². The van der Waals surface area contributed by atoms with Crippen molar-refractivity contribution in [2.24, 2.45) is 0 Å². The van der Waals surface area contributed by atoms with Gasteiger partial charge >= 0.3 is 20.2 Å². The molecule has 2 fully saturated rings. The van der Waals surface area contributed by atoms with E-state index in [-0.39, 0.29) is 10.9 Å². The molecule has 0 aromatic heterocycles. The van der Waals surface area contributed by atoms with E-state index in [0.717, 1.165) is 30.3 Å². The standard InChI is InChI=1S/C25H30B2F2O8S/c1-22(2)23(3,4)35-26(34-22)16-13-15(9-10-18(16)28)38(32,33)19-12-14(21(30)31)11-17(20(19)29)27-36-24(5,6)25(7,8)37-27/h9-13H,1-8H3,(H,30,31). The van der Waals surface area contributed by atoms with Crippen molar-refractivity contribution in [1.82, 2.24) is 0 Å². The van der Waals surface area contributed by atoms with Crippen LogP contribution in [0.5, 0.6) is 0 Å². The molecule has 0 bridgehead atoms. The summed E-state index contributed by atoms with van der Waals surface area (Å²) >= 11 is 0. The maximum absolute atomic E-state index is 15.9. The van der Waals surface area contributed by atoms with Crippen molar-refractivity contribution in [1.29, 1.82) is 0 Å². The highest BCUT2D eigenvalue weighted by Gasteiger charge is 2.54. The van der Waals surface area contributed by atoms with Crippen molar-refractivity contribution < 1.29 is 45.7 Å². The predicted octanol–water partition coefficient (Wildman–Crippen LogP) is 3.09. The zero-order valence-corrected chi connectivity index (χ0v) is 23.3. The topological polar surface area (TPSA) is 108 Å². The number of carbonyl (C=O) groups is 1. The van der Waals surface area contributed by atoms with Crippen LogP contribution in [0.3, 0.4) is 0 Å². The first-order chi connectivity index (χ1) is 17.2. The highest BCUT2D eigenvalue weighted by Crippen LogP contribution is 2.38. The quantitative estimate of drug-likeness (QED) is 0.447. The third-order valence-electron chi connectivity index (χ3n) is 7.90. The van der Waals surface area contributed by atoms with Crippen molar-refractivity contribution in [2.45, 2.75) is 87.6 Å². The molecule has 0 aliphatic carbocycles. The molecule has 2 aliphatic rings. The average molecular weight is 550 g/mol. The van der Waals surface area contributed by atoms with Gasteiger partial charge in [-0.2, -0.15) is 0 Å². The van der Waals surface area contributed by atoms with E-state index in [1.807, 2.05) is 0 Å². The lowest BCUT2D eigenvalue weighted by molar-refractivity contribution is 0.00578. The van der Waals surface area contributed by atoms with Crippen LogP contribution in [0.4, 0.5) is 8.78 Å². The molecule has 1 N–H and O–H groups in total. The Bertz CT molecular complexity index is 1390. The highest BCUT2D eigenvalue weighted by atomic mass is 32.2. The first-order valence-corrected chi connectivity index (χ1v) is 13.5. The first kappa shape index (κ1) is 28.7. The molecular formula is C25H30B2F2O8S. The van der Waals surface area contributed by atoms with Crippen molar-refractivity contribution in [3.63, 3.8) is 0 Å². The number of carboxylic acid groups (broad SMARTS) is 1. The lowest BCUT2D eigenvalue weighted by atomic mass is 9.78. The van der Waals surface area contributed by atoms with Crippen LogP contribution in [0.2, 0.25) is 0 Å². The molecule has 2 heterocycles. The summed E-state index contributed by atoms with van der Waals surface area (Å²) in [5.74, 6) is -3.48. The van der Waals surface area contributed by atoms with E-state index in [2.05, 4.69) is 0 Å². The van der Waals surface area contributed by atoms with E-state index in [9.17, 15) is 22.7 Å². The normalized spacial score (nSPS) is 21.6. The summed E-state index contributed by atoms with van der Waals surface area (Å²) in [5, 5.41) is 9.65. The number of benzene rings is 2. The summed E-state index contributed by atoms with van der Waals surface area (Å²) in [5.41, 5.74) is -4.48. The van der Waals surface area contributed by atoms with E-state index in [1.54, 1.807) is 55.4 Å². The molecule has 38 heavy (non-hydrogen) atoms. The number of sulfone groups is 1. The number of hydrogen-bond donors (Lipinski definition) is 1. The molecule has 204 valence electrons. The molecule has 13 heteroatoms. The number of hydrogen-bond acceptors (Lipinski definition) is 7. The van der Waals surface area contributed by atoms with Crippen LogP contribution in [-0.2, 0) is 28.5 Å². The third kappa shape index (κ3) is 4.58. The van der Waals surface area contributed by atoms with Crippen LogP contribution < -0.4 is 10.9 Å². The van der Waals surface area contributed by atoms with Gasteiger partial charge in [0.1, 0.15) is 16.5 Å². The minimum absolute atomic E-state index is 0.189. The molecule has 8 nitrogen and oxygen atoms in total. The molecule has 2 aromatic rings. The molecule has 4 rings (SSSR count). The second-order valence-electron chi connectivity index (χ2n) is 11.5. The van der Waals surface area contributed by atoms with Crippen molar-refractivity contribution in [3.05, 3.63) is 47.5 Å². The lowest BCUT2D eigenvalue weighted by Crippen LogP contribution is -2.41. The van der Waals surface area contributed by atoms with Crippen molar-refractivity contribution in [2.75, 3.05) is 0 Å². The van der Waals surface area contributed by atoms with E-state index in [1.165, 1.54) is 0 Å². The summed E-state index contributed by atoms with van der Waals surface area (Å²) in [6, 6.07) is 4.61. The van der Waals surface area contributed by atoms with Gasteiger partial charge in [0, 0.05) is 10.9 Å². The van der Waals surface area contributed by atoms with Gasteiger partial charge in [-0.05, 0) is 85.7 Å². The molecule has 2 aromatic carbocycles. The summed E-state index contributed by atoms with van der Waals surface area (Å²) in [4.78, 5) is 10.5. The summed E-state index contributed by atoms with van der Waals surface area (Å²) < 4.78 is 81.5. The highest BCUT2D eigenvalue weighted by molar-refractivity contribution is 7.91. The second kappa shape index (κ2) is 8.85. The van der Waals surface area contributed by atoms with Gasteiger partial charge in [-0.15, -0.1) is 0 Å². The van der Waals surface area contributed by atoms with Crippen LogP contribution >= 0.6 is 0 Å². The SMILES string of the molecule is CC1(C)OB(c2cc(S(=O)(=O)c3cc(C(=O)O)cc(B4OC(C)(C)C(C)(C)O4)c3F)ccc2F)OC1(C)C. The minimum atomic E-state index is -4.69. The monoisotopic (exact) mass is 550 g/mol. The number of halogens is 2. The number of aromatic carboxylic acids is 1. The molecule has 0 atom stereocenters. The Hall–Kier alpha value is -2.31. The van der Waals surface area contributed by atoms with Gasteiger partial charge in [-0.3, -0.25) is 0 Å². The Kier molecular flexibility index (Phi) is 6.68. The van der Waals surface area contributed by atoms with E-state index in [0.29, 0.717) is 0 Å². The van der Waals surface area contributed by atoms with Gasteiger partial charge in [0.2, 0.25) is 9.84 Å². The number of rotatable bonds is 5. The zero-order chi connectivity index (χ0) is 28.6. The minimum Gasteiger partial charge on any atom is -0.478 e. The van der Waals surface area contributed by atoms with Crippen LogP contribution in [0.1, 0.15) is 65.7 Å². The van der Waals surface area contributed by atoms with Gasteiger partial charge in [0.25, 0.3) is 0 Å². The Morgan fingerprint density at radius 3 is 1.66 bits per heavy atom. The van der Waals surface area contributed by atoms with Crippen LogP contribution in [-0.4, -0.2) is 56.1 Å². The zero-order valence-electron chi connectivity index (χ0n) is 22.5. The van der Waals surface area contributed by atoms with E-state index in [4.69, 9.17) is 18.6 Å². The largest absolute Gasteiger partial charge is 0.497 e. The summed E-state index contributed by atoms with van der Waals surface area (Å²) in [6.07, 6.45) is 0. The van der Waals surface area contributed by atoms with Gasteiger partial charge in [0.15, 0.2) is 0 Å². The average Bonchev–Trinajstić information content (AvgIpc) is 3.12.